The van der Waals surface area contributed by atoms with Crippen molar-refractivity contribution in [2.45, 2.75) is 24.6 Å². The highest BCUT2D eigenvalue weighted by molar-refractivity contribution is 7.12. The van der Waals surface area contributed by atoms with Gasteiger partial charge in [0, 0.05) is 26.1 Å². The first-order valence-electron chi connectivity index (χ1n) is 8.59. The van der Waals surface area contributed by atoms with Crippen LogP contribution in [-0.2, 0) is 14.3 Å². The first-order chi connectivity index (χ1) is 12.6. The van der Waals surface area contributed by atoms with E-state index in [1.165, 1.54) is 11.3 Å². The molecule has 0 aromatic carbocycles. The summed E-state index contributed by atoms with van der Waals surface area (Å²) in [6, 6.07) is 2.52. The zero-order valence-corrected chi connectivity index (χ0v) is 15.0. The molecule has 3 amide bonds. The lowest BCUT2D eigenvalue weighted by atomic mass is 10.0. The number of piperazine rings is 2. The van der Waals surface area contributed by atoms with Gasteiger partial charge in [0.05, 0.1) is 17.5 Å². The van der Waals surface area contributed by atoms with Crippen molar-refractivity contribution in [3.63, 3.8) is 0 Å². The molecule has 0 aliphatic carbocycles. The van der Waals surface area contributed by atoms with E-state index >= 15 is 0 Å². The minimum absolute atomic E-state index is 0.0513. The van der Waals surface area contributed by atoms with Crippen LogP contribution >= 0.6 is 11.3 Å². The molecular weight excluding hydrogens is 354 g/mol. The van der Waals surface area contributed by atoms with Crippen LogP contribution in [0.3, 0.4) is 0 Å². The van der Waals surface area contributed by atoms with Gasteiger partial charge in [0.25, 0.3) is 5.91 Å². The molecular formula is C18H19N3O4S. The molecule has 0 saturated carbocycles. The summed E-state index contributed by atoms with van der Waals surface area (Å²) in [5.41, 5.74) is 0. The largest absolute Gasteiger partial charge is 0.364 e. The molecule has 0 radical (unpaired) electrons. The molecule has 3 fully saturated rings. The van der Waals surface area contributed by atoms with Gasteiger partial charge in [0.15, 0.2) is 0 Å². The summed E-state index contributed by atoms with van der Waals surface area (Å²) < 4.78 is 5.54. The van der Waals surface area contributed by atoms with Gasteiger partial charge in [-0.05, 0) is 11.4 Å². The number of rotatable bonds is 3. The number of carbonyl (C=O) groups is 3. The smallest absolute Gasteiger partial charge is 0.264 e. The molecule has 0 N–H and O–H groups in total. The molecule has 8 heteroatoms. The van der Waals surface area contributed by atoms with Crippen LogP contribution in [0.5, 0.6) is 0 Å². The molecule has 1 aromatic heterocycles. The third kappa shape index (κ3) is 2.77. The van der Waals surface area contributed by atoms with Crippen molar-refractivity contribution >= 4 is 29.1 Å². The molecule has 3 aliphatic heterocycles. The van der Waals surface area contributed by atoms with Gasteiger partial charge in [-0.25, -0.2) is 0 Å². The van der Waals surface area contributed by atoms with Crippen LogP contribution in [0.4, 0.5) is 0 Å². The van der Waals surface area contributed by atoms with Crippen LogP contribution in [0.1, 0.15) is 16.1 Å². The third-order valence-corrected chi connectivity index (χ3v) is 6.06. The maximum Gasteiger partial charge on any atom is 0.264 e. The van der Waals surface area contributed by atoms with Crippen molar-refractivity contribution in [1.29, 1.82) is 0 Å². The van der Waals surface area contributed by atoms with Gasteiger partial charge in [-0.15, -0.1) is 17.8 Å². The van der Waals surface area contributed by atoms with Crippen LogP contribution in [0.25, 0.3) is 0 Å². The second-order valence-electron chi connectivity index (χ2n) is 6.66. The summed E-state index contributed by atoms with van der Waals surface area (Å²) in [4.78, 5) is 43.9. The summed E-state index contributed by atoms with van der Waals surface area (Å²) in [5, 5.41) is 1.85. The molecule has 1 aromatic rings. The summed E-state index contributed by atoms with van der Waals surface area (Å²) in [7, 11) is 0. The number of hydrogen-bond acceptors (Lipinski definition) is 5. The van der Waals surface area contributed by atoms with E-state index in [2.05, 4.69) is 5.92 Å². The van der Waals surface area contributed by atoms with Gasteiger partial charge in [0.2, 0.25) is 11.8 Å². The van der Waals surface area contributed by atoms with E-state index in [1.807, 2.05) is 11.4 Å². The van der Waals surface area contributed by atoms with Gasteiger partial charge >= 0.3 is 0 Å². The lowest BCUT2D eigenvalue weighted by molar-refractivity contribution is -0.162. The van der Waals surface area contributed by atoms with Crippen molar-refractivity contribution < 1.29 is 19.1 Å². The molecule has 26 heavy (non-hydrogen) atoms. The number of hydrogen-bond donors (Lipinski definition) is 0. The number of ether oxygens (including phenoxy) is 1. The topological polar surface area (TPSA) is 70.2 Å². The molecule has 3 saturated heterocycles. The number of carbonyl (C=O) groups excluding carboxylic acids is 3. The fraction of sp³-hybridized carbons (Fsp3) is 0.500. The second kappa shape index (κ2) is 6.74. The second-order valence-corrected chi connectivity index (χ2v) is 7.60. The predicted molar refractivity (Wildman–Crippen MR) is 94.4 cm³/mol. The van der Waals surface area contributed by atoms with E-state index in [0.29, 0.717) is 30.9 Å². The Morgan fingerprint density at radius 2 is 2.04 bits per heavy atom. The van der Waals surface area contributed by atoms with E-state index in [9.17, 15) is 14.4 Å². The lowest BCUT2D eigenvalue weighted by Gasteiger charge is -2.47. The van der Waals surface area contributed by atoms with Gasteiger partial charge in [0.1, 0.15) is 18.7 Å². The predicted octanol–water partition coefficient (Wildman–Crippen LogP) is 0.0340. The zero-order valence-electron chi connectivity index (χ0n) is 14.2. The van der Waals surface area contributed by atoms with E-state index < -0.39 is 12.1 Å². The molecule has 4 rings (SSSR count). The monoisotopic (exact) mass is 373 g/mol. The van der Waals surface area contributed by atoms with Crippen LogP contribution in [0, 0.1) is 12.3 Å². The highest BCUT2D eigenvalue weighted by atomic mass is 32.1. The van der Waals surface area contributed by atoms with E-state index in [4.69, 9.17) is 11.2 Å². The average molecular weight is 373 g/mol. The molecule has 4 heterocycles. The van der Waals surface area contributed by atoms with Gasteiger partial charge in [-0.1, -0.05) is 12.0 Å². The van der Waals surface area contributed by atoms with Gasteiger partial charge < -0.3 is 19.4 Å². The summed E-state index contributed by atoms with van der Waals surface area (Å²) in [6.07, 6.45) is 5.49. The normalized spacial score (nSPS) is 28.0. The number of terminal acetylenes is 1. The number of thiophene rings is 1. The molecule has 0 spiro atoms. The van der Waals surface area contributed by atoms with Crippen molar-refractivity contribution in [2.24, 2.45) is 0 Å². The molecule has 0 bridgehead atoms. The number of nitrogens with zero attached hydrogens (tertiary/aromatic N) is 3. The lowest BCUT2D eigenvalue weighted by Crippen LogP contribution is -2.69. The number of amides is 3. The van der Waals surface area contributed by atoms with Crippen molar-refractivity contribution in [1.82, 2.24) is 14.7 Å². The SMILES string of the molecule is C#CCOC1CC2C(=O)N3CCN(C(=O)c4cccs4)CC3C(=O)N2C1. The number of fused-ring (bicyclic) bond motifs is 2. The average Bonchev–Trinajstić information content (AvgIpc) is 3.33. The molecule has 3 atom stereocenters. The summed E-state index contributed by atoms with van der Waals surface area (Å²) in [6.45, 7) is 1.60. The first-order valence-corrected chi connectivity index (χ1v) is 9.47. The first kappa shape index (κ1) is 17.1. The Bertz CT molecular complexity index is 772. The van der Waals surface area contributed by atoms with Crippen LogP contribution in [-0.4, -0.2) is 83.4 Å². The molecule has 136 valence electrons. The maximum absolute atomic E-state index is 13.0. The fourth-order valence-corrected chi connectivity index (χ4v) is 4.63. The minimum atomic E-state index is -0.609. The zero-order chi connectivity index (χ0) is 18.3. The van der Waals surface area contributed by atoms with Crippen molar-refractivity contribution in [2.75, 3.05) is 32.8 Å². The highest BCUT2D eigenvalue weighted by Gasteiger charge is 2.52. The van der Waals surface area contributed by atoms with Crippen LogP contribution < -0.4 is 0 Å². The molecule has 7 nitrogen and oxygen atoms in total. The quantitative estimate of drug-likeness (QED) is 0.702. The maximum atomic E-state index is 13.0. The Hall–Kier alpha value is -2.37. The van der Waals surface area contributed by atoms with Crippen LogP contribution in [0.2, 0.25) is 0 Å². The Morgan fingerprint density at radius 3 is 2.77 bits per heavy atom. The van der Waals surface area contributed by atoms with E-state index in [-0.39, 0.29) is 37.0 Å². The van der Waals surface area contributed by atoms with Gasteiger partial charge in [-0.3, -0.25) is 14.4 Å². The molecule has 3 aliphatic rings. The summed E-state index contributed by atoms with van der Waals surface area (Å²) >= 11 is 1.38. The molecule has 3 unspecified atom stereocenters. The Kier molecular flexibility index (Phi) is 4.42. The van der Waals surface area contributed by atoms with Gasteiger partial charge in [-0.2, -0.15) is 0 Å². The van der Waals surface area contributed by atoms with E-state index in [0.717, 1.165) is 0 Å². The Balaban J connectivity index is 1.49. The summed E-state index contributed by atoms with van der Waals surface area (Å²) in [5.74, 6) is 2.17. The fourth-order valence-electron chi connectivity index (χ4n) is 3.94. The van der Waals surface area contributed by atoms with E-state index in [1.54, 1.807) is 20.8 Å². The Morgan fingerprint density at radius 1 is 1.23 bits per heavy atom. The standard InChI is InChI=1S/C18H19N3O4S/c1-2-7-25-12-9-13-16(22)20-6-5-19(18(24)15-4-3-8-26-15)11-14(20)17(23)21(13)10-12/h1,3-4,8,12-14H,5-7,9-11H2. The third-order valence-electron chi connectivity index (χ3n) is 5.20. The van der Waals surface area contributed by atoms with Crippen molar-refractivity contribution in [3.05, 3.63) is 22.4 Å². The minimum Gasteiger partial charge on any atom is -0.364 e. The Labute approximate surface area is 155 Å². The highest BCUT2D eigenvalue weighted by Crippen LogP contribution is 2.30. The van der Waals surface area contributed by atoms with Crippen molar-refractivity contribution in [3.8, 4) is 12.3 Å². The van der Waals surface area contributed by atoms with Crippen LogP contribution in [0.15, 0.2) is 17.5 Å².